The molecule has 0 aliphatic heterocycles. The second-order valence-electron chi connectivity index (χ2n) is 5.63. The van der Waals surface area contributed by atoms with Crippen LogP contribution in [0.4, 0.5) is 13.2 Å². The van der Waals surface area contributed by atoms with E-state index in [1.807, 2.05) is 13.1 Å². The van der Waals surface area contributed by atoms with Gasteiger partial charge in [0, 0.05) is 24.7 Å². The Kier molecular flexibility index (Phi) is 4.30. The van der Waals surface area contributed by atoms with E-state index in [1.54, 1.807) is 23.0 Å². The normalized spacial score (nSPS) is 12.0. The van der Waals surface area contributed by atoms with Gasteiger partial charge in [0.1, 0.15) is 5.75 Å². The summed E-state index contributed by atoms with van der Waals surface area (Å²) >= 11 is 1.33. The summed E-state index contributed by atoms with van der Waals surface area (Å²) in [6.07, 6.45) is -1.08. The lowest BCUT2D eigenvalue weighted by molar-refractivity contribution is -0.274. The number of aryl methyl sites for hydroxylation is 1. The number of fused-ring (bicyclic) bond motifs is 1. The number of aromatic nitrogens is 6. The molecule has 0 saturated carbocycles. The van der Waals surface area contributed by atoms with Crippen molar-refractivity contribution in [2.45, 2.75) is 26.3 Å². The molecule has 0 spiro atoms. The molecular weight excluding hydrogens is 381 g/mol. The van der Waals surface area contributed by atoms with E-state index in [9.17, 15) is 13.2 Å². The van der Waals surface area contributed by atoms with Crippen molar-refractivity contribution in [2.24, 2.45) is 0 Å². The van der Waals surface area contributed by atoms with Gasteiger partial charge in [-0.3, -0.25) is 4.68 Å². The van der Waals surface area contributed by atoms with Crippen LogP contribution in [0.3, 0.4) is 0 Å². The van der Waals surface area contributed by atoms with Crippen LogP contribution in [0.1, 0.15) is 18.3 Å². The smallest absolute Gasteiger partial charge is 0.405 e. The summed E-state index contributed by atoms with van der Waals surface area (Å²) in [5.41, 5.74) is 1.19. The molecule has 7 nitrogen and oxygen atoms in total. The number of ether oxygens (including phenoxy) is 1. The first-order valence-electron chi connectivity index (χ1n) is 8.00. The zero-order valence-electron chi connectivity index (χ0n) is 14.0. The van der Waals surface area contributed by atoms with Crippen molar-refractivity contribution in [3.8, 4) is 16.3 Å². The van der Waals surface area contributed by atoms with Crippen molar-refractivity contribution in [3.63, 3.8) is 0 Å². The number of hydrogen-bond donors (Lipinski definition) is 0. The monoisotopic (exact) mass is 394 g/mol. The van der Waals surface area contributed by atoms with Crippen molar-refractivity contribution >= 4 is 16.3 Å². The lowest BCUT2D eigenvalue weighted by atomic mass is 10.1. The minimum Gasteiger partial charge on any atom is -0.405 e. The molecule has 0 saturated heterocycles. The molecule has 0 bridgehead atoms. The third kappa shape index (κ3) is 3.63. The molecule has 0 aliphatic rings. The molecule has 0 unspecified atom stereocenters. The first kappa shape index (κ1) is 17.5. The van der Waals surface area contributed by atoms with E-state index in [1.165, 1.54) is 28.0 Å². The van der Waals surface area contributed by atoms with Crippen LogP contribution >= 0.6 is 11.3 Å². The van der Waals surface area contributed by atoms with Crippen LogP contribution in [0, 0.1) is 0 Å². The molecule has 11 heteroatoms. The summed E-state index contributed by atoms with van der Waals surface area (Å²) in [4.78, 5) is 0.554. The fourth-order valence-corrected chi connectivity index (χ4v) is 3.41. The molecule has 0 amide bonds. The molecule has 0 atom stereocenters. The molecule has 27 heavy (non-hydrogen) atoms. The lowest BCUT2D eigenvalue weighted by Crippen LogP contribution is -2.18. The van der Waals surface area contributed by atoms with Crippen molar-refractivity contribution in [1.82, 2.24) is 29.6 Å². The molecule has 4 rings (SSSR count). The maximum Gasteiger partial charge on any atom is 0.573 e. The average Bonchev–Trinajstić information content (AvgIpc) is 3.31. The highest BCUT2D eigenvalue weighted by Gasteiger charge is 2.32. The number of halogens is 3. The van der Waals surface area contributed by atoms with Crippen LogP contribution in [0.25, 0.3) is 15.5 Å². The molecular formula is C16H13F3N6OS. The molecule has 3 heterocycles. The molecule has 4 aromatic rings. The van der Waals surface area contributed by atoms with E-state index < -0.39 is 6.36 Å². The Balaban J connectivity index is 1.65. The Bertz CT molecular complexity index is 1080. The van der Waals surface area contributed by atoms with E-state index in [0.717, 1.165) is 12.1 Å². The predicted octanol–water partition coefficient (Wildman–Crippen LogP) is 3.56. The Hall–Kier alpha value is -2.95. The maximum atomic E-state index is 12.6. The minimum absolute atomic E-state index is 0.102. The van der Waals surface area contributed by atoms with Gasteiger partial charge in [0.25, 0.3) is 0 Å². The summed E-state index contributed by atoms with van der Waals surface area (Å²) in [5, 5.41) is 17.5. The van der Waals surface area contributed by atoms with Gasteiger partial charge in [-0.05, 0) is 13.0 Å². The number of alkyl halides is 3. The van der Waals surface area contributed by atoms with Gasteiger partial charge in [0.2, 0.25) is 4.96 Å². The standard InChI is InChI=1S/C16H13F3N6OS/c1-2-24-9-11(8-20-24)14-23-25-13(21-22-15(25)27-14)7-10-5-3-4-6-12(10)26-16(17,18)19/h3-6,8-9H,2,7H2,1H3. The highest BCUT2D eigenvalue weighted by Crippen LogP contribution is 2.29. The minimum atomic E-state index is -4.76. The SMILES string of the molecule is CCn1cc(-c2nn3c(Cc4ccccc4OC(F)(F)F)nnc3s2)cn1. The van der Waals surface area contributed by atoms with E-state index in [-0.39, 0.29) is 12.2 Å². The summed E-state index contributed by atoms with van der Waals surface area (Å²) in [6.45, 7) is 2.72. The Morgan fingerprint density at radius 2 is 2.00 bits per heavy atom. The fourth-order valence-electron chi connectivity index (χ4n) is 2.58. The zero-order chi connectivity index (χ0) is 19.0. The molecule has 140 valence electrons. The van der Waals surface area contributed by atoms with Gasteiger partial charge in [0.15, 0.2) is 10.8 Å². The first-order valence-corrected chi connectivity index (χ1v) is 8.82. The highest BCUT2D eigenvalue weighted by molar-refractivity contribution is 7.19. The third-order valence-corrected chi connectivity index (χ3v) is 4.75. The van der Waals surface area contributed by atoms with Crippen molar-refractivity contribution in [3.05, 3.63) is 48.0 Å². The van der Waals surface area contributed by atoms with Crippen molar-refractivity contribution in [1.29, 1.82) is 0 Å². The Labute approximate surface area is 155 Å². The van der Waals surface area contributed by atoms with Gasteiger partial charge in [0.05, 0.1) is 11.8 Å². The summed E-state index contributed by atoms with van der Waals surface area (Å²) in [5.74, 6) is 0.162. The highest BCUT2D eigenvalue weighted by atomic mass is 32.1. The summed E-state index contributed by atoms with van der Waals surface area (Å²) < 4.78 is 45.2. The largest absolute Gasteiger partial charge is 0.573 e. The maximum absolute atomic E-state index is 12.6. The summed E-state index contributed by atoms with van der Waals surface area (Å²) in [7, 11) is 0. The van der Waals surface area contributed by atoms with E-state index in [4.69, 9.17) is 0 Å². The molecule has 0 aliphatic carbocycles. The molecule has 3 aromatic heterocycles. The van der Waals surface area contributed by atoms with Crippen molar-refractivity contribution < 1.29 is 17.9 Å². The number of rotatable bonds is 5. The Morgan fingerprint density at radius 1 is 1.19 bits per heavy atom. The first-order chi connectivity index (χ1) is 12.9. The van der Waals surface area contributed by atoms with Crippen LogP contribution in [-0.4, -0.2) is 36.0 Å². The number of para-hydroxylation sites is 1. The van der Waals surface area contributed by atoms with E-state index in [0.29, 0.717) is 21.4 Å². The second-order valence-corrected chi connectivity index (χ2v) is 6.59. The molecule has 0 fully saturated rings. The predicted molar refractivity (Wildman–Crippen MR) is 91.5 cm³/mol. The van der Waals surface area contributed by atoms with Gasteiger partial charge >= 0.3 is 6.36 Å². The molecule has 0 radical (unpaired) electrons. The third-order valence-electron chi connectivity index (χ3n) is 3.81. The van der Waals surface area contributed by atoms with E-state index >= 15 is 0 Å². The van der Waals surface area contributed by atoms with Gasteiger partial charge in [-0.1, -0.05) is 29.5 Å². The Morgan fingerprint density at radius 3 is 2.74 bits per heavy atom. The molecule has 1 aromatic carbocycles. The average molecular weight is 394 g/mol. The van der Waals surface area contributed by atoms with Crippen LogP contribution in [0.15, 0.2) is 36.7 Å². The quantitative estimate of drug-likeness (QED) is 0.518. The summed E-state index contributed by atoms with van der Waals surface area (Å²) in [6, 6.07) is 5.95. The van der Waals surface area contributed by atoms with Gasteiger partial charge in [-0.2, -0.15) is 14.7 Å². The van der Waals surface area contributed by atoms with Crippen molar-refractivity contribution in [2.75, 3.05) is 0 Å². The number of nitrogens with zero attached hydrogens (tertiary/aromatic N) is 6. The van der Waals surface area contributed by atoms with Crippen LogP contribution in [0.2, 0.25) is 0 Å². The van der Waals surface area contributed by atoms with Gasteiger partial charge in [-0.15, -0.1) is 23.4 Å². The van der Waals surface area contributed by atoms with Gasteiger partial charge in [-0.25, -0.2) is 0 Å². The molecule has 0 N–H and O–H groups in total. The fraction of sp³-hybridized carbons (Fsp3) is 0.250. The van der Waals surface area contributed by atoms with Crippen LogP contribution < -0.4 is 4.74 Å². The van der Waals surface area contributed by atoms with E-state index in [2.05, 4.69) is 25.1 Å². The number of benzene rings is 1. The topological polar surface area (TPSA) is 70.1 Å². The lowest BCUT2D eigenvalue weighted by Gasteiger charge is -2.12. The van der Waals surface area contributed by atoms with Crippen LogP contribution in [-0.2, 0) is 13.0 Å². The second kappa shape index (κ2) is 6.65. The van der Waals surface area contributed by atoms with Crippen LogP contribution in [0.5, 0.6) is 5.75 Å². The number of hydrogen-bond acceptors (Lipinski definition) is 6. The van der Waals surface area contributed by atoms with Gasteiger partial charge < -0.3 is 4.74 Å². The zero-order valence-corrected chi connectivity index (χ0v) is 14.8.